The van der Waals surface area contributed by atoms with Gasteiger partial charge in [-0.05, 0) is 50.3 Å². The van der Waals surface area contributed by atoms with Crippen molar-refractivity contribution >= 4 is 45.9 Å². The maximum atomic E-state index is 12.4. The van der Waals surface area contributed by atoms with Crippen LogP contribution < -0.4 is 10.6 Å². The Kier molecular flexibility index (Phi) is 6.55. The number of amidine groups is 1. The van der Waals surface area contributed by atoms with E-state index in [1.807, 2.05) is 6.08 Å². The van der Waals surface area contributed by atoms with Crippen molar-refractivity contribution in [2.45, 2.75) is 52.2 Å². The summed E-state index contributed by atoms with van der Waals surface area (Å²) in [5.74, 6) is -0.642. The first kappa shape index (κ1) is 22.0. The van der Waals surface area contributed by atoms with Crippen LogP contribution in [-0.2, 0) is 9.59 Å². The van der Waals surface area contributed by atoms with Gasteiger partial charge in [0.05, 0.1) is 5.71 Å². The van der Waals surface area contributed by atoms with Gasteiger partial charge in [-0.1, -0.05) is 43.3 Å². The Morgan fingerprint density at radius 1 is 1.27 bits per heavy atom. The molecule has 158 valence electrons. The second-order valence-electron chi connectivity index (χ2n) is 8.49. The van der Waals surface area contributed by atoms with Gasteiger partial charge < -0.3 is 10.6 Å². The van der Waals surface area contributed by atoms with Crippen LogP contribution in [-0.4, -0.2) is 33.7 Å². The molecule has 0 radical (unpaired) electrons. The van der Waals surface area contributed by atoms with Gasteiger partial charge in [-0.3, -0.25) is 14.4 Å². The number of hydrogen-bond donors (Lipinski definition) is 2. The molecule has 1 unspecified atom stereocenters. The van der Waals surface area contributed by atoms with Gasteiger partial charge in [-0.15, -0.1) is 5.10 Å². The first-order valence-electron chi connectivity index (χ1n) is 9.81. The van der Waals surface area contributed by atoms with Gasteiger partial charge in [-0.2, -0.15) is 5.10 Å². The lowest BCUT2D eigenvalue weighted by molar-refractivity contribution is -0.122. The number of nitrogens with one attached hydrogen (secondary N) is 2. The molecule has 1 heterocycles. The van der Waals surface area contributed by atoms with Crippen LogP contribution in [0, 0.1) is 5.41 Å². The van der Waals surface area contributed by atoms with Gasteiger partial charge >= 0.3 is 0 Å². The smallest absolute Gasteiger partial charge is 0.240 e. The molecule has 2 amide bonds. The summed E-state index contributed by atoms with van der Waals surface area (Å²) in [7, 11) is 0. The predicted molar refractivity (Wildman–Crippen MR) is 121 cm³/mol. The number of nitrogens with zero attached hydrogens (tertiary/aromatic N) is 2. The Morgan fingerprint density at radius 2 is 2.03 bits per heavy atom. The Hall–Kier alpha value is -2.74. The lowest BCUT2D eigenvalue weighted by atomic mass is 9.77. The number of anilines is 1. The van der Waals surface area contributed by atoms with Crippen LogP contribution in [0.1, 0.15) is 57.3 Å². The number of thioether (sulfide) groups is 1. The van der Waals surface area contributed by atoms with E-state index in [2.05, 4.69) is 41.6 Å². The minimum absolute atomic E-state index is 0.00241. The van der Waals surface area contributed by atoms with Gasteiger partial charge in [0, 0.05) is 17.7 Å². The molecule has 1 aliphatic carbocycles. The zero-order chi connectivity index (χ0) is 21.9. The van der Waals surface area contributed by atoms with Gasteiger partial charge in [0.15, 0.2) is 11.0 Å². The molecule has 1 fully saturated rings. The normalized spacial score (nSPS) is 23.3. The summed E-state index contributed by atoms with van der Waals surface area (Å²) < 4.78 is 0. The zero-order valence-electron chi connectivity index (χ0n) is 17.6. The highest BCUT2D eigenvalue weighted by Gasteiger charge is 2.32. The van der Waals surface area contributed by atoms with E-state index in [-0.39, 0.29) is 29.4 Å². The minimum atomic E-state index is -0.569. The number of hydrogen-bond acceptors (Lipinski definition) is 6. The Balaban J connectivity index is 1.60. The van der Waals surface area contributed by atoms with Crippen molar-refractivity contribution in [3.8, 4) is 0 Å². The number of ketones is 1. The second-order valence-corrected chi connectivity index (χ2v) is 9.68. The maximum absolute atomic E-state index is 12.4. The Morgan fingerprint density at radius 3 is 2.73 bits per heavy atom. The zero-order valence-corrected chi connectivity index (χ0v) is 18.4. The van der Waals surface area contributed by atoms with Crippen molar-refractivity contribution < 1.29 is 14.4 Å². The van der Waals surface area contributed by atoms with E-state index in [1.165, 1.54) is 24.3 Å². The molecule has 0 spiro atoms. The predicted octanol–water partition coefficient (Wildman–Crippen LogP) is 3.93. The number of rotatable bonds is 5. The number of carbonyl (C=O) groups excluding carboxylic acids is 3. The van der Waals surface area contributed by atoms with Crippen LogP contribution in [0.3, 0.4) is 0 Å². The van der Waals surface area contributed by atoms with E-state index in [4.69, 9.17) is 0 Å². The highest BCUT2D eigenvalue weighted by molar-refractivity contribution is 8.15. The molecule has 30 heavy (non-hydrogen) atoms. The van der Waals surface area contributed by atoms with E-state index >= 15 is 0 Å². The highest BCUT2D eigenvalue weighted by atomic mass is 32.2. The van der Waals surface area contributed by atoms with E-state index < -0.39 is 5.25 Å². The van der Waals surface area contributed by atoms with Crippen molar-refractivity contribution in [1.29, 1.82) is 0 Å². The summed E-state index contributed by atoms with van der Waals surface area (Å²) in [6.45, 7) is 7.93. The van der Waals surface area contributed by atoms with E-state index in [9.17, 15) is 14.4 Å². The minimum Gasteiger partial charge on any atom is -0.326 e. The monoisotopic (exact) mass is 426 g/mol. The molecule has 1 saturated heterocycles. The quantitative estimate of drug-likeness (QED) is 0.550. The largest absolute Gasteiger partial charge is 0.326 e. The molecule has 8 heteroatoms. The number of carbonyl (C=O) groups is 3. The molecule has 2 N–H and O–H groups in total. The van der Waals surface area contributed by atoms with Crippen molar-refractivity contribution in [1.82, 2.24) is 5.32 Å². The third-order valence-corrected chi connectivity index (χ3v) is 5.87. The molecule has 0 bridgehead atoms. The number of benzene rings is 1. The van der Waals surface area contributed by atoms with Crippen LogP contribution in [0.2, 0.25) is 0 Å². The van der Waals surface area contributed by atoms with Crippen LogP contribution in [0.4, 0.5) is 5.69 Å². The van der Waals surface area contributed by atoms with Crippen LogP contribution in [0.5, 0.6) is 0 Å². The van der Waals surface area contributed by atoms with Crippen molar-refractivity contribution in [2.24, 2.45) is 15.6 Å². The molecular formula is C22H26N4O3S. The Bertz CT molecular complexity index is 978. The first-order valence-corrected chi connectivity index (χ1v) is 10.7. The third kappa shape index (κ3) is 5.89. The van der Waals surface area contributed by atoms with Crippen LogP contribution >= 0.6 is 11.8 Å². The van der Waals surface area contributed by atoms with Crippen molar-refractivity contribution in [2.75, 3.05) is 5.32 Å². The van der Waals surface area contributed by atoms with Gasteiger partial charge in [-0.25, -0.2) is 0 Å². The summed E-state index contributed by atoms with van der Waals surface area (Å²) >= 11 is 1.20. The summed E-state index contributed by atoms with van der Waals surface area (Å²) in [6, 6.07) is 6.71. The summed E-state index contributed by atoms with van der Waals surface area (Å²) in [5.41, 5.74) is 3.34. The lowest BCUT2D eigenvalue weighted by Gasteiger charge is -2.28. The van der Waals surface area contributed by atoms with Crippen LogP contribution in [0.25, 0.3) is 0 Å². The van der Waals surface area contributed by atoms with E-state index in [0.29, 0.717) is 16.4 Å². The summed E-state index contributed by atoms with van der Waals surface area (Å²) in [4.78, 5) is 36.0. The van der Waals surface area contributed by atoms with Gasteiger partial charge in [0.2, 0.25) is 11.8 Å². The molecule has 1 atom stereocenters. The standard InChI is InChI=1S/C22H26N4O3S/c1-13-8-17(12-22(3,4)11-13)25-26-21-24-20(29)18(30-21)10-19(28)23-16-7-5-6-15(9-16)14(2)27/h5-9,18H,10-12H2,1-4H3,(H,23,28)(H,24,26,29)/b25-17-. The molecular weight excluding hydrogens is 400 g/mol. The second kappa shape index (κ2) is 8.95. The summed E-state index contributed by atoms with van der Waals surface area (Å²) in [6.07, 6.45) is 3.89. The number of Topliss-reactive ketones (excluding diaryl/α,β-unsaturated/α-hetero) is 1. The molecule has 2 aliphatic rings. The maximum Gasteiger partial charge on any atom is 0.240 e. The fourth-order valence-electron chi connectivity index (χ4n) is 3.65. The fourth-order valence-corrected chi connectivity index (χ4v) is 4.57. The number of allylic oxidation sites excluding steroid dienone is 2. The third-order valence-electron chi connectivity index (χ3n) is 4.80. The Labute approximate surface area is 180 Å². The van der Waals surface area contributed by atoms with E-state index in [1.54, 1.807) is 24.3 Å². The average molecular weight is 427 g/mol. The van der Waals surface area contributed by atoms with Crippen molar-refractivity contribution in [3.05, 3.63) is 41.5 Å². The first-order chi connectivity index (χ1) is 14.1. The number of amides is 2. The topological polar surface area (TPSA) is 100.0 Å². The molecule has 1 aromatic rings. The van der Waals surface area contributed by atoms with Crippen molar-refractivity contribution in [3.63, 3.8) is 0 Å². The van der Waals surface area contributed by atoms with Gasteiger partial charge in [0.1, 0.15) is 5.25 Å². The SMILES string of the molecule is CC(=O)c1cccc(NC(=O)CC2S/C(=N/N=C3/C=C(C)CC(C)(C)C3)NC2=O)c1. The molecule has 0 saturated carbocycles. The molecule has 1 aromatic carbocycles. The molecule has 1 aliphatic heterocycles. The fraction of sp³-hybridized carbons (Fsp3) is 0.409. The summed E-state index contributed by atoms with van der Waals surface area (Å²) in [5, 5.41) is 13.8. The lowest BCUT2D eigenvalue weighted by Crippen LogP contribution is -2.28. The molecule has 0 aromatic heterocycles. The van der Waals surface area contributed by atoms with E-state index in [0.717, 1.165) is 18.6 Å². The van der Waals surface area contributed by atoms with Gasteiger partial charge in [0.25, 0.3) is 0 Å². The molecule has 3 rings (SSSR count). The molecule has 7 nitrogen and oxygen atoms in total. The average Bonchev–Trinajstić information content (AvgIpc) is 2.98. The van der Waals surface area contributed by atoms with Crippen LogP contribution in [0.15, 0.2) is 46.1 Å². The highest BCUT2D eigenvalue weighted by Crippen LogP contribution is 2.34.